The average Bonchev–Trinajstić information content (AvgIpc) is 2.37. The highest BCUT2D eigenvalue weighted by Gasteiger charge is 2.23. The molecule has 112 valence electrons. The number of rotatable bonds is 5. The van der Waals surface area contributed by atoms with Gasteiger partial charge in [0.1, 0.15) is 11.6 Å². The molecule has 1 atom stereocenters. The van der Waals surface area contributed by atoms with E-state index in [1.165, 1.54) is 12.1 Å². The Bertz CT molecular complexity index is 626. The summed E-state index contributed by atoms with van der Waals surface area (Å²) in [7, 11) is 1.61. The summed E-state index contributed by atoms with van der Waals surface area (Å²) in [5.74, 6) is 0.445. The van der Waals surface area contributed by atoms with Gasteiger partial charge in [0, 0.05) is 17.3 Å². The highest BCUT2D eigenvalue weighted by Crippen LogP contribution is 2.28. The zero-order valence-electron chi connectivity index (χ0n) is 12.1. The molecule has 0 aliphatic rings. The molecule has 0 heterocycles. The van der Waals surface area contributed by atoms with Crippen LogP contribution in [0, 0.1) is 5.82 Å². The van der Waals surface area contributed by atoms with Crippen molar-refractivity contribution >= 4 is 15.9 Å². The Hall–Kier alpha value is -1.39. The maximum Gasteiger partial charge on any atom is 0.123 e. The smallest absolute Gasteiger partial charge is 0.123 e. The molecule has 2 nitrogen and oxygen atoms in total. The fourth-order valence-corrected chi connectivity index (χ4v) is 2.85. The van der Waals surface area contributed by atoms with Gasteiger partial charge >= 0.3 is 0 Å². The number of halogens is 2. The van der Waals surface area contributed by atoms with Crippen molar-refractivity contribution in [3.63, 3.8) is 0 Å². The lowest BCUT2D eigenvalue weighted by Gasteiger charge is -2.24. The van der Waals surface area contributed by atoms with E-state index < -0.39 is 5.60 Å². The van der Waals surface area contributed by atoms with Gasteiger partial charge in [0.25, 0.3) is 0 Å². The molecule has 0 aliphatic carbocycles. The molecule has 1 N–H and O–H groups in total. The van der Waals surface area contributed by atoms with E-state index in [-0.39, 0.29) is 5.82 Å². The van der Waals surface area contributed by atoms with E-state index in [1.807, 2.05) is 24.3 Å². The molecule has 21 heavy (non-hydrogen) atoms. The molecule has 2 aromatic rings. The van der Waals surface area contributed by atoms with Crippen LogP contribution in [0.15, 0.2) is 46.9 Å². The van der Waals surface area contributed by atoms with Crippen molar-refractivity contribution in [3.8, 4) is 5.75 Å². The molecule has 0 fully saturated rings. The Kier molecular flexibility index (Phi) is 5.01. The molecule has 0 spiro atoms. The van der Waals surface area contributed by atoms with E-state index in [4.69, 9.17) is 4.74 Å². The Balaban J connectivity index is 2.19. The maximum absolute atomic E-state index is 13.2. The monoisotopic (exact) mass is 352 g/mol. The predicted octanol–water partition coefficient (Wildman–Crippen LogP) is 4.13. The molecule has 1 unspecified atom stereocenters. The summed E-state index contributed by atoms with van der Waals surface area (Å²) in [6.45, 7) is 1.75. The lowest BCUT2D eigenvalue weighted by atomic mass is 9.89. The van der Waals surface area contributed by atoms with Gasteiger partial charge in [0.2, 0.25) is 0 Å². The van der Waals surface area contributed by atoms with Gasteiger partial charge in [0.05, 0.1) is 12.7 Å². The fraction of sp³-hybridized carbons (Fsp3) is 0.294. The third kappa shape index (κ3) is 4.55. The molecule has 0 bridgehead atoms. The van der Waals surface area contributed by atoms with Gasteiger partial charge in [0.15, 0.2) is 0 Å². The number of aliphatic hydroxyl groups is 1. The summed E-state index contributed by atoms with van der Waals surface area (Å²) in [6, 6.07) is 12.0. The van der Waals surface area contributed by atoms with Crippen LogP contribution >= 0.6 is 15.9 Å². The molecular formula is C17H18BrFO2. The van der Waals surface area contributed by atoms with E-state index in [9.17, 15) is 9.50 Å². The van der Waals surface area contributed by atoms with E-state index >= 15 is 0 Å². The highest BCUT2D eigenvalue weighted by atomic mass is 79.9. The summed E-state index contributed by atoms with van der Waals surface area (Å²) in [5, 5.41) is 10.6. The summed E-state index contributed by atoms with van der Waals surface area (Å²) < 4.78 is 19.5. The molecule has 0 amide bonds. The Morgan fingerprint density at radius 2 is 1.95 bits per heavy atom. The first-order chi connectivity index (χ1) is 9.89. The van der Waals surface area contributed by atoms with Crippen molar-refractivity contribution in [1.29, 1.82) is 0 Å². The minimum Gasteiger partial charge on any atom is -0.496 e. The van der Waals surface area contributed by atoms with Crippen LogP contribution in [0.2, 0.25) is 0 Å². The van der Waals surface area contributed by atoms with E-state index in [1.54, 1.807) is 20.1 Å². The SMILES string of the molecule is COc1ccc(Br)cc1CC(C)(O)Cc1cccc(F)c1. The first-order valence-corrected chi connectivity index (χ1v) is 7.48. The molecule has 0 saturated carbocycles. The standard InChI is InChI=1S/C17H18BrFO2/c1-17(20,10-12-4-3-5-15(19)8-12)11-13-9-14(18)6-7-16(13)21-2/h3-9,20H,10-11H2,1-2H3. The molecular weight excluding hydrogens is 335 g/mol. The van der Waals surface area contributed by atoms with Gasteiger partial charge in [-0.3, -0.25) is 0 Å². The van der Waals surface area contributed by atoms with E-state index in [2.05, 4.69) is 15.9 Å². The number of benzene rings is 2. The summed E-state index contributed by atoms with van der Waals surface area (Å²) >= 11 is 3.42. The van der Waals surface area contributed by atoms with E-state index in [0.29, 0.717) is 12.8 Å². The lowest BCUT2D eigenvalue weighted by molar-refractivity contribution is 0.0601. The van der Waals surface area contributed by atoms with Crippen LogP contribution in [0.1, 0.15) is 18.1 Å². The second-order valence-electron chi connectivity index (χ2n) is 5.44. The van der Waals surface area contributed by atoms with Crippen LogP contribution in [0.5, 0.6) is 5.75 Å². The van der Waals surface area contributed by atoms with Crippen LogP contribution in [-0.4, -0.2) is 17.8 Å². The summed E-state index contributed by atoms with van der Waals surface area (Å²) in [6.07, 6.45) is 0.798. The van der Waals surface area contributed by atoms with Crippen LogP contribution in [0.25, 0.3) is 0 Å². The van der Waals surface area contributed by atoms with Crippen molar-refractivity contribution in [2.24, 2.45) is 0 Å². The van der Waals surface area contributed by atoms with Crippen LogP contribution in [0.3, 0.4) is 0 Å². The number of hydrogen-bond acceptors (Lipinski definition) is 2. The average molecular weight is 353 g/mol. The first-order valence-electron chi connectivity index (χ1n) is 6.69. The molecule has 0 aromatic heterocycles. The Morgan fingerprint density at radius 1 is 1.19 bits per heavy atom. The largest absolute Gasteiger partial charge is 0.496 e. The van der Waals surface area contributed by atoms with E-state index in [0.717, 1.165) is 21.3 Å². The van der Waals surface area contributed by atoms with Gasteiger partial charge in [-0.1, -0.05) is 28.1 Å². The zero-order valence-corrected chi connectivity index (χ0v) is 13.7. The minimum absolute atomic E-state index is 0.289. The number of methoxy groups -OCH3 is 1. The van der Waals surface area contributed by atoms with Crippen LogP contribution in [0.4, 0.5) is 4.39 Å². The van der Waals surface area contributed by atoms with Gasteiger partial charge in [-0.15, -0.1) is 0 Å². The van der Waals surface area contributed by atoms with Crippen molar-refractivity contribution in [2.75, 3.05) is 7.11 Å². The summed E-state index contributed by atoms with van der Waals surface area (Å²) in [5.41, 5.74) is 0.698. The number of ether oxygens (including phenoxy) is 1. The third-order valence-electron chi connectivity index (χ3n) is 3.29. The molecule has 0 radical (unpaired) electrons. The molecule has 4 heteroatoms. The Morgan fingerprint density at radius 3 is 2.62 bits per heavy atom. The molecule has 2 rings (SSSR count). The number of hydrogen-bond donors (Lipinski definition) is 1. The highest BCUT2D eigenvalue weighted by molar-refractivity contribution is 9.10. The van der Waals surface area contributed by atoms with Crippen molar-refractivity contribution < 1.29 is 14.2 Å². The minimum atomic E-state index is -0.984. The maximum atomic E-state index is 13.2. The van der Waals surface area contributed by atoms with Crippen LogP contribution < -0.4 is 4.74 Å². The first kappa shape index (κ1) is 16.0. The van der Waals surface area contributed by atoms with Crippen molar-refractivity contribution in [3.05, 3.63) is 63.9 Å². The van der Waals surface area contributed by atoms with Crippen molar-refractivity contribution in [1.82, 2.24) is 0 Å². The quantitative estimate of drug-likeness (QED) is 0.876. The summed E-state index contributed by atoms with van der Waals surface area (Å²) in [4.78, 5) is 0. The molecule has 0 aliphatic heterocycles. The second-order valence-corrected chi connectivity index (χ2v) is 6.35. The van der Waals surface area contributed by atoms with Crippen molar-refractivity contribution in [2.45, 2.75) is 25.4 Å². The second kappa shape index (κ2) is 6.58. The van der Waals surface area contributed by atoms with Gasteiger partial charge in [-0.05, 0) is 48.4 Å². The molecule has 0 saturated heterocycles. The van der Waals surface area contributed by atoms with Gasteiger partial charge in [-0.2, -0.15) is 0 Å². The topological polar surface area (TPSA) is 29.5 Å². The normalized spacial score (nSPS) is 13.8. The molecule has 2 aromatic carbocycles. The third-order valence-corrected chi connectivity index (χ3v) is 3.78. The zero-order chi connectivity index (χ0) is 15.5. The lowest BCUT2D eigenvalue weighted by Crippen LogP contribution is -2.30. The Labute approximate surface area is 132 Å². The van der Waals surface area contributed by atoms with Gasteiger partial charge in [-0.25, -0.2) is 4.39 Å². The van der Waals surface area contributed by atoms with Gasteiger partial charge < -0.3 is 9.84 Å². The predicted molar refractivity (Wildman–Crippen MR) is 85.1 cm³/mol. The van der Waals surface area contributed by atoms with Crippen LogP contribution in [-0.2, 0) is 12.8 Å². The fourth-order valence-electron chi connectivity index (χ4n) is 2.44.